The van der Waals surface area contributed by atoms with Gasteiger partial charge in [0.05, 0.1) is 17.2 Å². The Bertz CT molecular complexity index is 858. The summed E-state index contributed by atoms with van der Waals surface area (Å²) in [5.41, 5.74) is 0.349. The summed E-state index contributed by atoms with van der Waals surface area (Å²) in [6, 6.07) is 6.14. The molecule has 9 heteroatoms. The normalized spacial score (nSPS) is 10.8. The molecule has 2 aromatic heterocycles. The van der Waals surface area contributed by atoms with E-state index in [1.165, 1.54) is 15.4 Å². The topological polar surface area (TPSA) is 64.7 Å². The number of hydrogen-bond acceptors (Lipinski definition) is 3. The van der Waals surface area contributed by atoms with Crippen molar-refractivity contribution in [3.63, 3.8) is 0 Å². The highest BCUT2D eigenvalue weighted by molar-refractivity contribution is 9.10. The lowest BCUT2D eigenvalue weighted by Gasteiger charge is -2.06. The molecule has 0 spiro atoms. The fraction of sp³-hybridized carbons (Fsp3) is 0.133. The minimum absolute atomic E-state index is 0.0671. The molecule has 0 atom stereocenters. The maximum Gasteiger partial charge on any atom is 0.247 e. The Kier molecular flexibility index (Phi) is 4.96. The predicted octanol–water partition coefficient (Wildman–Crippen LogP) is 3.32. The molecule has 0 aliphatic carbocycles. The van der Waals surface area contributed by atoms with E-state index in [1.807, 2.05) is 0 Å². The molecule has 3 rings (SSSR count). The van der Waals surface area contributed by atoms with Crippen LogP contribution in [0.5, 0.6) is 0 Å². The molecule has 0 radical (unpaired) electrons. The number of carbonyl (C=O) groups excluding carboxylic acids is 1. The van der Waals surface area contributed by atoms with Gasteiger partial charge in [0.25, 0.3) is 0 Å². The number of benzene rings is 1. The minimum Gasteiger partial charge on any atom is -0.308 e. The van der Waals surface area contributed by atoms with Gasteiger partial charge in [0.15, 0.2) is 5.82 Å². The number of nitrogens with one attached hydrogen (secondary N) is 1. The van der Waals surface area contributed by atoms with Crippen molar-refractivity contribution >= 4 is 39.3 Å². The molecule has 24 heavy (non-hydrogen) atoms. The molecule has 124 valence electrons. The van der Waals surface area contributed by atoms with Crippen LogP contribution in [-0.4, -0.2) is 25.5 Å². The number of rotatable bonds is 5. The van der Waals surface area contributed by atoms with E-state index in [-0.39, 0.29) is 19.0 Å². The van der Waals surface area contributed by atoms with E-state index in [1.54, 1.807) is 36.8 Å². The van der Waals surface area contributed by atoms with Crippen molar-refractivity contribution in [1.82, 2.24) is 19.6 Å². The largest absolute Gasteiger partial charge is 0.308 e. The molecule has 0 saturated carbocycles. The number of amides is 1. The Balaban J connectivity index is 1.64. The Morgan fingerprint density at radius 1 is 1.33 bits per heavy atom. The van der Waals surface area contributed by atoms with Gasteiger partial charge in [-0.15, -0.1) is 0 Å². The zero-order chi connectivity index (χ0) is 17.1. The third kappa shape index (κ3) is 4.01. The second-order valence-corrected chi connectivity index (χ2v) is 6.33. The highest BCUT2D eigenvalue weighted by Gasteiger charge is 2.10. The van der Waals surface area contributed by atoms with E-state index < -0.39 is 5.82 Å². The monoisotopic (exact) mass is 411 g/mol. The summed E-state index contributed by atoms with van der Waals surface area (Å²) in [5.74, 6) is -0.286. The SMILES string of the molecule is O=C(Cn1cc(Br)cn1)Nc1ccn(Cc2c(F)cccc2Cl)n1. The standard InChI is InChI=1S/C15H12BrClFN5O/c16-10-6-19-23(7-10)9-15(24)20-14-4-5-22(21-14)8-11-12(17)2-1-3-13(11)18/h1-7H,8-9H2,(H,20,21,24). The molecular formula is C15H12BrClFN5O. The Labute approximate surface area is 150 Å². The quantitative estimate of drug-likeness (QED) is 0.699. The van der Waals surface area contributed by atoms with E-state index in [9.17, 15) is 9.18 Å². The zero-order valence-electron chi connectivity index (χ0n) is 12.3. The lowest BCUT2D eigenvalue weighted by Crippen LogP contribution is -2.19. The van der Waals surface area contributed by atoms with Gasteiger partial charge in [0.1, 0.15) is 12.4 Å². The maximum atomic E-state index is 13.8. The van der Waals surface area contributed by atoms with E-state index in [0.29, 0.717) is 16.4 Å². The summed E-state index contributed by atoms with van der Waals surface area (Å²) < 4.78 is 17.6. The average molecular weight is 413 g/mol. The van der Waals surface area contributed by atoms with E-state index in [0.717, 1.165) is 4.47 Å². The first-order chi connectivity index (χ1) is 11.5. The van der Waals surface area contributed by atoms with Crippen molar-refractivity contribution in [1.29, 1.82) is 0 Å². The van der Waals surface area contributed by atoms with Crippen LogP contribution in [0, 0.1) is 5.82 Å². The molecule has 0 bridgehead atoms. The first kappa shape index (κ1) is 16.7. The third-order valence-corrected chi connectivity index (χ3v) is 3.96. The van der Waals surface area contributed by atoms with Crippen LogP contribution in [0.4, 0.5) is 10.2 Å². The highest BCUT2D eigenvalue weighted by atomic mass is 79.9. The number of hydrogen-bond donors (Lipinski definition) is 1. The molecule has 0 aliphatic heterocycles. The molecular weight excluding hydrogens is 401 g/mol. The zero-order valence-corrected chi connectivity index (χ0v) is 14.6. The van der Waals surface area contributed by atoms with Gasteiger partial charge in [0, 0.05) is 29.0 Å². The highest BCUT2D eigenvalue weighted by Crippen LogP contribution is 2.20. The van der Waals surface area contributed by atoms with E-state index in [2.05, 4.69) is 31.4 Å². The van der Waals surface area contributed by atoms with Gasteiger partial charge in [-0.1, -0.05) is 17.7 Å². The van der Waals surface area contributed by atoms with Crippen molar-refractivity contribution in [2.24, 2.45) is 0 Å². The van der Waals surface area contributed by atoms with Crippen LogP contribution in [0.1, 0.15) is 5.56 Å². The van der Waals surface area contributed by atoms with Gasteiger partial charge in [-0.25, -0.2) is 4.39 Å². The van der Waals surface area contributed by atoms with Crippen LogP contribution >= 0.6 is 27.5 Å². The summed E-state index contributed by atoms with van der Waals surface area (Å²) in [7, 11) is 0. The van der Waals surface area contributed by atoms with Gasteiger partial charge >= 0.3 is 0 Å². The van der Waals surface area contributed by atoms with E-state index >= 15 is 0 Å². The molecule has 1 amide bonds. The predicted molar refractivity (Wildman–Crippen MR) is 91.3 cm³/mol. The average Bonchev–Trinajstić information content (AvgIpc) is 3.12. The van der Waals surface area contributed by atoms with Crippen molar-refractivity contribution < 1.29 is 9.18 Å². The fourth-order valence-electron chi connectivity index (χ4n) is 2.12. The second-order valence-electron chi connectivity index (χ2n) is 5.00. The van der Waals surface area contributed by atoms with Crippen LogP contribution in [0.25, 0.3) is 0 Å². The lowest BCUT2D eigenvalue weighted by atomic mass is 10.2. The maximum absolute atomic E-state index is 13.8. The molecule has 1 N–H and O–H groups in total. The van der Waals surface area contributed by atoms with Crippen molar-refractivity contribution in [2.45, 2.75) is 13.1 Å². The molecule has 1 aromatic carbocycles. The summed E-state index contributed by atoms with van der Waals surface area (Å²) in [6.45, 7) is 0.241. The molecule has 6 nitrogen and oxygen atoms in total. The van der Waals surface area contributed by atoms with Gasteiger partial charge in [-0.05, 0) is 28.1 Å². The first-order valence-corrected chi connectivity index (χ1v) is 8.12. The molecule has 0 saturated heterocycles. The second kappa shape index (κ2) is 7.14. The van der Waals surface area contributed by atoms with Gasteiger partial charge < -0.3 is 5.32 Å². The van der Waals surface area contributed by atoms with E-state index in [4.69, 9.17) is 11.6 Å². The number of halogens is 3. The Morgan fingerprint density at radius 3 is 2.88 bits per heavy atom. The third-order valence-electron chi connectivity index (χ3n) is 3.20. The van der Waals surface area contributed by atoms with Crippen molar-refractivity contribution in [2.75, 3.05) is 5.32 Å². The van der Waals surface area contributed by atoms with Gasteiger partial charge in [-0.2, -0.15) is 10.2 Å². The van der Waals surface area contributed by atoms with Crippen molar-refractivity contribution in [3.05, 3.63) is 63.7 Å². The van der Waals surface area contributed by atoms with Crippen LogP contribution in [0.15, 0.2) is 47.3 Å². The lowest BCUT2D eigenvalue weighted by molar-refractivity contribution is -0.116. The summed E-state index contributed by atoms with van der Waals surface area (Å²) in [6.07, 6.45) is 4.93. The summed E-state index contributed by atoms with van der Waals surface area (Å²) in [5, 5.41) is 11.2. The van der Waals surface area contributed by atoms with Gasteiger partial charge in [0.2, 0.25) is 5.91 Å². The van der Waals surface area contributed by atoms with Crippen LogP contribution in [0.2, 0.25) is 5.02 Å². The molecule has 0 unspecified atom stereocenters. The smallest absolute Gasteiger partial charge is 0.247 e. The molecule has 0 aliphatic rings. The number of anilines is 1. The molecule has 3 aromatic rings. The van der Waals surface area contributed by atoms with Crippen molar-refractivity contribution in [3.8, 4) is 0 Å². The number of nitrogens with zero attached hydrogens (tertiary/aromatic N) is 4. The van der Waals surface area contributed by atoms with Crippen LogP contribution < -0.4 is 5.32 Å². The minimum atomic E-state index is -0.396. The fourth-order valence-corrected chi connectivity index (χ4v) is 2.67. The molecule has 0 fully saturated rings. The van der Waals surface area contributed by atoms with Crippen LogP contribution in [0.3, 0.4) is 0 Å². The number of carbonyl (C=O) groups is 1. The number of aromatic nitrogens is 4. The van der Waals surface area contributed by atoms with Crippen LogP contribution in [-0.2, 0) is 17.9 Å². The first-order valence-electron chi connectivity index (χ1n) is 6.95. The molecule has 2 heterocycles. The Hall–Kier alpha value is -2.19. The van der Waals surface area contributed by atoms with Gasteiger partial charge in [-0.3, -0.25) is 14.2 Å². The Morgan fingerprint density at radius 2 is 2.17 bits per heavy atom. The summed E-state index contributed by atoms with van der Waals surface area (Å²) in [4.78, 5) is 11.9. The summed E-state index contributed by atoms with van der Waals surface area (Å²) >= 11 is 9.26.